The first-order valence-corrected chi connectivity index (χ1v) is 6.97. The number of anilines is 1. The van der Waals surface area contributed by atoms with Gasteiger partial charge in [0.1, 0.15) is 0 Å². The van der Waals surface area contributed by atoms with E-state index in [9.17, 15) is 4.79 Å². The highest BCUT2D eigenvalue weighted by atomic mass is 32.2. The highest BCUT2D eigenvalue weighted by Gasteiger charge is 2.17. The van der Waals surface area contributed by atoms with Crippen LogP contribution in [0.1, 0.15) is 20.8 Å². The third-order valence-corrected chi connectivity index (χ3v) is 3.91. The molecule has 96 valence electrons. The minimum atomic E-state index is -0.838. The minimum Gasteiger partial charge on any atom is -0.481 e. The van der Waals surface area contributed by atoms with Crippen molar-refractivity contribution in [1.29, 1.82) is 0 Å². The van der Waals surface area contributed by atoms with Crippen molar-refractivity contribution in [2.24, 2.45) is 5.41 Å². The fourth-order valence-electron chi connectivity index (χ4n) is 1.32. The summed E-state index contributed by atoms with van der Waals surface area (Å²) in [7, 11) is 1.97. The lowest BCUT2D eigenvalue weighted by atomic mass is 9.96. The van der Waals surface area contributed by atoms with Gasteiger partial charge in [0.15, 0.2) is 4.34 Å². The zero-order valence-corrected chi connectivity index (χ0v) is 12.1. The van der Waals surface area contributed by atoms with Gasteiger partial charge in [-0.1, -0.05) is 43.9 Å². The number of aliphatic carboxylic acids is 1. The number of hydrogen-bond donors (Lipinski definition) is 1. The quantitative estimate of drug-likeness (QED) is 0.831. The van der Waals surface area contributed by atoms with Gasteiger partial charge in [0, 0.05) is 13.6 Å². The van der Waals surface area contributed by atoms with E-state index in [4.69, 9.17) is 5.11 Å². The summed E-state index contributed by atoms with van der Waals surface area (Å²) in [5, 5.41) is 17.4. The molecule has 0 aromatic carbocycles. The van der Waals surface area contributed by atoms with Crippen LogP contribution in [0.25, 0.3) is 0 Å². The van der Waals surface area contributed by atoms with Crippen molar-refractivity contribution in [3.05, 3.63) is 0 Å². The zero-order chi connectivity index (χ0) is 13.1. The molecule has 0 radical (unpaired) electrons. The van der Waals surface area contributed by atoms with E-state index in [1.165, 1.54) is 23.1 Å². The maximum absolute atomic E-state index is 10.4. The van der Waals surface area contributed by atoms with E-state index in [1.807, 2.05) is 11.9 Å². The van der Waals surface area contributed by atoms with E-state index in [-0.39, 0.29) is 11.2 Å². The minimum absolute atomic E-state index is 0.0254. The fraction of sp³-hybridized carbons (Fsp3) is 0.700. The molecular weight excluding hydrogens is 258 g/mol. The molecule has 0 atom stereocenters. The van der Waals surface area contributed by atoms with Gasteiger partial charge in [-0.25, -0.2) is 0 Å². The predicted molar refractivity (Wildman–Crippen MR) is 71.0 cm³/mol. The van der Waals surface area contributed by atoms with Crippen molar-refractivity contribution >= 4 is 34.2 Å². The lowest BCUT2D eigenvalue weighted by molar-refractivity contribution is -0.133. The van der Waals surface area contributed by atoms with E-state index in [1.54, 1.807) is 0 Å². The van der Waals surface area contributed by atoms with Crippen LogP contribution in [0.3, 0.4) is 0 Å². The molecule has 1 N–H and O–H groups in total. The SMILES string of the molecule is CN(CC(C)(C)C)c1nnc(SCC(=O)O)s1. The number of rotatable bonds is 5. The maximum atomic E-state index is 10.4. The molecule has 0 saturated carbocycles. The summed E-state index contributed by atoms with van der Waals surface area (Å²) in [6.45, 7) is 7.35. The Morgan fingerprint density at radius 3 is 2.65 bits per heavy atom. The molecule has 0 saturated heterocycles. The average molecular weight is 275 g/mol. The number of hydrogen-bond acceptors (Lipinski definition) is 6. The summed E-state index contributed by atoms with van der Waals surface area (Å²) in [5.41, 5.74) is 0.189. The zero-order valence-electron chi connectivity index (χ0n) is 10.4. The van der Waals surface area contributed by atoms with E-state index in [2.05, 4.69) is 31.0 Å². The monoisotopic (exact) mass is 275 g/mol. The van der Waals surface area contributed by atoms with Crippen molar-refractivity contribution in [2.75, 3.05) is 24.2 Å². The molecule has 7 heteroatoms. The molecule has 0 spiro atoms. The van der Waals surface area contributed by atoms with E-state index in [0.717, 1.165) is 11.7 Å². The standard InChI is InChI=1S/C10H17N3O2S2/c1-10(2,3)6-13(4)8-11-12-9(17-8)16-5-7(14)15/h5-6H2,1-4H3,(H,14,15). The van der Waals surface area contributed by atoms with Crippen molar-refractivity contribution in [3.63, 3.8) is 0 Å². The van der Waals surface area contributed by atoms with Crippen molar-refractivity contribution in [3.8, 4) is 0 Å². The Kier molecular flexibility index (Phi) is 4.76. The lowest BCUT2D eigenvalue weighted by Crippen LogP contribution is -2.28. The smallest absolute Gasteiger partial charge is 0.313 e. The molecule has 17 heavy (non-hydrogen) atoms. The van der Waals surface area contributed by atoms with E-state index in [0.29, 0.717) is 4.34 Å². The van der Waals surface area contributed by atoms with Crippen LogP contribution in [-0.2, 0) is 4.79 Å². The molecule has 0 aliphatic carbocycles. The van der Waals surface area contributed by atoms with Crippen LogP contribution in [-0.4, -0.2) is 40.6 Å². The normalized spacial score (nSPS) is 11.5. The van der Waals surface area contributed by atoms with Gasteiger partial charge in [0.05, 0.1) is 5.75 Å². The first-order chi connectivity index (χ1) is 7.78. The third-order valence-electron chi connectivity index (χ3n) is 1.75. The molecular formula is C10H17N3O2S2. The summed E-state index contributed by atoms with van der Waals surface area (Å²) >= 11 is 2.63. The molecule has 5 nitrogen and oxygen atoms in total. The second kappa shape index (κ2) is 5.68. The third kappa shape index (κ3) is 5.36. The Labute approximate surface area is 109 Å². The van der Waals surface area contributed by atoms with Crippen molar-refractivity contribution in [1.82, 2.24) is 10.2 Å². The summed E-state index contributed by atoms with van der Waals surface area (Å²) in [4.78, 5) is 12.5. The Morgan fingerprint density at radius 2 is 2.12 bits per heavy atom. The van der Waals surface area contributed by atoms with Crippen LogP contribution < -0.4 is 4.90 Å². The Hall–Kier alpha value is -0.820. The predicted octanol–water partition coefficient (Wildman–Crippen LogP) is 2.20. The van der Waals surface area contributed by atoms with Gasteiger partial charge in [0.25, 0.3) is 0 Å². The van der Waals surface area contributed by atoms with Crippen LogP contribution in [0.15, 0.2) is 4.34 Å². The summed E-state index contributed by atoms with van der Waals surface area (Å²) in [6.07, 6.45) is 0. The maximum Gasteiger partial charge on any atom is 0.313 e. The van der Waals surface area contributed by atoms with Gasteiger partial charge in [-0.05, 0) is 5.41 Å². The van der Waals surface area contributed by atoms with Gasteiger partial charge < -0.3 is 10.0 Å². The number of carboxylic acid groups (broad SMARTS) is 1. The summed E-state index contributed by atoms with van der Waals surface area (Å²) in [5.74, 6) is -0.813. The van der Waals surface area contributed by atoms with Crippen molar-refractivity contribution < 1.29 is 9.90 Å². The Bertz CT molecular complexity index is 387. The van der Waals surface area contributed by atoms with Gasteiger partial charge in [-0.3, -0.25) is 4.79 Å². The second-order valence-corrected chi connectivity index (χ2v) is 7.13. The van der Waals surface area contributed by atoms with Gasteiger partial charge in [0.2, 0.25) is 5.13 Å². The topological polar surface area (TPSA) is 66.3 Å². The number of thioether (sulfide) groups is 1. The molecule has 0 amide bonds. The van der Waals surface area contributed by atoms with Crippen LogP contribution >= 0.6 is 23.1 Å². The molecule has 0 aliphatic rings. The van der Waals surface area contributed by atoms with Gasteiger partial charge >= 0.3 is 5.97 Å². The Balaban J connectivity index is 2.58. The van der Waals surface area contributed by atoms with Crippen LogP contribution in [0.4, 0.5) is 5.13 Å². The summed E-state index contributed by atoms with van der Waals surface area (Å²) < 4.78 is 0.697. The highest BCUT2D eigenvalue weighted by molar-refractivity contribution is 8.01. The molecule has 1 aromatic heterocycles. The number of nitrogens with zero attached hydrogens (tertiary/aromatic N) is 3. The summed E-state index contributed by atoms with van der Waals surface area (Å²) in [6, 6.07) is 0. The fourth-order valence-corrected chi connectivity index (χ4v) is 2.84. The number of carbonyl (C=O) groups is 1. The van der Waals surface area contributed by atoms with E-state index >= 15 is 0 Å². The van der Waals surface area contributed by atoms with Gasteiger partial charge in [-0.15, -0.1) is 10.2 Å². The lowest BCUT2D eigenvalue weighted by Gasteiger charge is -2.25. The molecule has 1 aromatic rings. The average Bonchev–Trinajstić information content (AvgIpc) is 2.60. The molecule has 0 fully saturated rings. The van der Waals surface area contributed by atoms with E-state index < -0.39 is 5.97 Å². The number of aromatic nitrogens is 2. The number of carboxylic acids is 1. The van der Waals surface area contributed by atoms with Crippen LogP contribution in [0.5, 0.6) is 0 Å². The molecule has 1 rings (SSSR count). The van der Waals surface area contributed by atoms with Crippen LogP contribution in [0.2, 0.25) is 0 Å². The first-order valence-electron chi connectivity index (χ1n) is 5.17. The molecule has 0 bridgehead atoms. The Morgan fingerprint density at radius 1 is 1.47 bits per heavy atom. The van der Waals surface area contributed by atoms with Crippen molar-refractivity contribution in [2.45, 2.75) is 25.1 Å². The largest absolute Gasteiger partial charge is 0.481 e. The molecule has 1 heterocycles. The first kappa shape index (κ1) is 14.2. The second-order valence-electron chi connectivity index (χ2n) is 4.95. The molecule has 0 aliphatic heterocycles. The molecule has 0 unspecified atom stereocenters. The van der Waals surface area contributed by atoms with Crippen LogP contribution in [0, 0.1) is 5.41 Å². The van der Waals surface area contributed by atoms with Gasteiger partial charge in [-0.2, -0.15) is 0 Å². The highest BCUT2D eigenvalue weighted by Crippen LogP contribution is 2.28.